The summed E-state index contributed by atoms with van der Waals surface area (Å²) in [5.41, 5.74) is 0.747. The van der Waals surface area contributed by atoms with Gasteiger partial charge < -0.3 is 14.2 Å². The molecule has 0 N–H and O–H groups in total. The van der Waals surface area contributed by atoms with Gasteiger partial charge in [-0.2, -0.15) is 0 Å². The van der Waals surface area contributed by atoms with Gasteiger partial charge in [0.15, 0.2) is 6.29 Å². The third-order valence-electron chi connectivity index (χ3n) is 2.20. The zero-order valence-electron chi connectivity index (χ0n) is 8.83. The molecule has 1 aliphatic heterocycles. The van der Waals surface area contributed by atoms with Gasteiger partial charge in [-0.1, -0.05) is 23.2 Å². The molecule has 16 heavy (non-hydrogen) atoms. The van der Waals surface area contributed by atoms with Gasteiger partial charge in [0.1, 0.15) is 5.75 Å². The largest absolute Gasteiger partial charge is 0.492 e. The maximum absolute atomic E-state index is 6.07. The van der Waals surface area contributed by atoms with E-state index in [1.165, 1.54) is 0 Å². The number of benzene rings is 1. The normalized spacial score (nSPS) is 16.7. The van der Waals surface area contributed by atoms with E-state index in [4.69, 9.17) is 37.4 Å². The Morgan fingerprint density at radius 1 is 1.31 bits per heavy atom. The molecule has 0 aromatic heterocycles. The summed E-state index contributed by atoms with van der Waals surface area (Å²) in [6.45, 7) is 3.56. The van der Waals surface area contributed by atoms with Crippen LogP contribution >= 0.6 is 23.2 Å². The van der Waals surface area contributed by atoms with Crippen molar-refractivity contribution in [3.8, 4) is 5.75 Å². The van der Waals surface area contributed by atoms with E-state index in [2.05, 4.69) is 0 Å². The Hall–Kier alpha value is -0.480. The lowest BCUT2D eigenvalue weighted by Gasteiger charge is -2.16. The van der Waals surface area contributed by atoms with Gasteiger partial charge in [0, 0.05) is 5.02 Å². The highest BCUT2D eigenvalue weighted by Crippen LogP contribution is 2.38. The van der Waals surface area contributed by atoms with Crippen molar-refractivity contribution in [2.75, 3.05) is 19.8 Å². The zero-order valence-corrected chi connectivity index (χ0v) is 10.3. The summed E-state index contributed by atoms with van der Waals surface area (Å²) in [4.78, 5) is 0. The molecule has 3 nitrogen and oxygen atoms in total. The van der Waals surface area contributed by atoms with Gasteiger partial charge in [-0.3, -0.25) is 0 Å². The van der Waals surface area contributed by atoms with Gasteiger partial charge >= 0.3 is 0 Å². The van der Waals surface area contributed by atoms with Crippen LogP contribution in [0.1, 0.15) is 18.8 Å². The second kappa shape index (κ2) is 5.23. The van der Waals surface area contributed by atoms with Crippen molar-refractivity contribution >= 4 is 23.2 Å². The number of ether oxygens (including phenoxy) is 3. The van der Waals surface area contributed by atoms with Crippen molar-refractivity contribution in [1.82, 2.24) is 0 Å². The van der Waals surface area contributed by atoms with Gasteiger partial charge in [0.25, 0.3) is 0 Å². The lowest BCUT2D eigenvalue weighted by atomic mass is 10.2. The Kier molecular flexibility index (Phi) is 3.92. The van der Waals surface area contributed by atoms with Crippen LogP contribution in [-0.4, -0.2) is 19.8 Å². The summed E-state index contributed by atoms with van der Waals surface area (Å²) >= 11 is 12.0. The van der Waals surface area contributed by atoms with Crippen molar-refractivity contribution in [2.45, 2.75) is 13.2 Å². The average Bonchev–Trinajstić information content (AvgIpc) is 2.75. The lowest BCUT2D eigenvalue weighted by Crippen LogP contribution is -2.04. The molecule has 2 rings (SSSR count). The molecule has 0 unspecified atom stereocenters. The quantitative estimate of drug-likeness (QED) is 0.836. The number of rotatable bonds is 3. The highest BCUT2D eigenvalue weighted by atomic mass is 35.5. The minimum Gasteiger partial charge on any atom is -0.492 e. The monoisotopic (exact) mass is 262 g/mol. The predicted molar refractivity (Wildman–Crippen MR) is 62.3 cm³/mol. The smallest absolute Gasteiger partial charge is 0.187 e. The van der Waals surface area contributed by atoms with Crippen LogP contribution in [0, 0.1) is 0 Å². The molecule has 1 heterocycles. The molecule has 88 valence electrons. The minimum absolute atomic E-state index is 0.433. The first-order valence-electron chi connectivity index (χ1n) is 5.07. The zero-order chi connectivity index (χ0) is 11.5. The number of halogens is 2. The summed E-state index contributed by atoms with van der Waals surface area (Å²) in [6, 6.07) is 3.40. The third kappa shape index (κ3) is 2.43. The Morgan fingerprint density at radius 3 is 2.62 bits per heavy atom. The lowest BCUT2D eigenvalue weighted by molar-refractivity contribution is -0.0456. The van der Waals surface area contributed by atoms with E-state index >= 15 is 0 Å². The van der Waals surface area contributed by atoms with Crippen LogP contribution in [-0.2, 0) is 9.47 Å². The maximum atomic E-state index is 6.07. The van der Waals surface area contributed by atoms with Crippen molar-refractivity contribution < 1.29 is 14.2 Å². The minimum atomic E-state index is -0.433. The summed E-state index contributed by atoms with van der Waals surface area (Å²) in [5.74, 6) is 0.584. The Balaban J connectivity index is 2.39. The molecule has 1 aliphatic rings. The maximum Gasteiger partial charge on any atom is 0.187 e. The van der Waals surface area contributed by atoms with Crippen LogP contribution in [0.4, 0.5) is 0 Å². The first-order valence-corrected chi connectivity index (χ1v) is 5.83. The Labute approximate surface area is 104 Å². The van der Waals surface area contributed by atoms with Gasteiger partial charge in [0.2, 0.25) is 0 Å². The van der Waals surface area contributed by atoms with Gasteiger partial charge in [-0.05, 0) is 19.1 Å². The molecule has 0 saturated carbocycles. The molecule has 1 fully saturated rings. The van der Waals surface area contributed by atoms with E-state index in [-0.39, 0.29) is 0 Å². The van der Waals surface area contributed by atoms with Crippen molar-refractivity contribution in [3.05, 3.63) is 27.7 Å². The Morgan fingerprint density at radius 2 is 2.00 bits per heavy atom. The van der Waals surface area contributed by atoms with E-state index in [9.17, 15) is 0 Å². The molecule has 0 aliphatic carbocycles. The number of hydrogen-bond acceptors (Lipinski definition) is 3. The van der Waals surface area contributed by atoms with Crippen LogP contribution in [0.3, 0.4) is 0 Å². The van der Waals surface area contributed by atoms with Gasteiger partial charge in [0.05, 0.1) is 30.4 Å². The summed E-state index contributed by atoms with van der Waals surface area (Å²) in [6.07, 6.45) is -0.433. The highest BCUT2D eigenvalue weighted by molar-refractivity contribution is 6.35. The first kappa shape index (κ1) is 12.0. The van der Waals surface area contributed by atoms with Crippen molar-refractivity contribution in [3.63, 3.8) is 0 Å². The average molecular weight is 263 g/mol. The van der Waals surface area contributed by atoms with Crippen LogP contribution in [0.25, 0.3) is 0 Å². The molecule has 1 saturated heterocycles. The second-order valence-corrected chi connectivity index (χ2v) is 4.16. The van der Waals surface area contributed by atoms with E-state index in [1.807, 2.05) is 6.92 Å². The molecular formula is C11H12Cl2O3. The summed E-state index contributed by atoms with van der Waals surface area (Å²) in [5, 5.41) is 1.02. The number of hydrogen-bond donors (Lipinski definition) is 0. The Bertz CT molecular complexity index is 376. The van der Waals surface area contributed by atoms with E-state index in [0.29, 0.717) is 35.6 Å². The standard InChI is InChI=1S/C11H12Cl2O3/c1-2-14-10-8(11-15-3-4-16-11)5-7(12)6-9(10)13/h5-6,11H,2-4H2,1H3. The fraction of sp³-hybridized carbons (Fsp3) is 0.455. The topological polar surface area (TPSA) is 27.7 Å². The first-order chi connectivity index (χ1) is 7.72. The molecular weight excluding hydrogens is 251 g/mol. The van der Waals surface area contributed by atoms with E-state index in [1.54, 1.807) is 12.1 Å². The molecule has 0 atom stereocenters. The fourth-order valence-electron chi connectivity index (χ4n) is 1.59. The third-order valence-corrected chi connectivity index (χ3v) is 2.70. The molecule has 0 bridgehead atoms. The molecule has 0 amide bonds. The summed E-state index contributed by atoms with van der Waals surface area (Å²) in [7, 11) is 0. The second-order valence-electron chi connectivity index (χ2n) is 3.31. The highest BCUT2D eigenvalue weighted by Gasteiger charge is 2.24. The van der Waals surface area contributed by atoms with Gasteiger partial charge in [-0.25, -0.2) is 0 Å². The van der Waals surface area contributed by atoms with Crippen LogP contribution in [0.15, 0.2) is 12.1 Å². The van der Waals surface area contributed by atoms with Crippen LogP contribution < -0.4 is 4.74 Å². The fourth-order valence-corrected chi connectivity index (χ4v) is 2.15. The van der Waals surface area contributed by atoms with Crippen LogP contribution in [0.2, 0.25) is 10.0 Å². The molecule has 0 spiro atoms. The predicted octanol–water partition coefficient (Wildman–Crippen LogP) is 3.44. The van der Waals surface area contributed by atoms with Crippen LogP contribution in [0.5, 0.6) is 5.75 Å². The van der Waals surface area contributed by atoms with Crippen molar-refractivity contribution in [2.24, 2.45) is 0 Å². The van der Waals surface area contributed by atoms with Gasteiger partial charge in [-0.15, -0.1) is 0 Å². The summed E-state index contributed by atoms with van der Waals surface area (Å²) < 4.78 is 16.3. The van der Waals surface area contributed by atoms with Crippen molar-refractivity contribution in [1.29, 1.82) is 0 Å². The molecule has 1 aromatic rings. The molecule has 1 aromatic carbocycles. The molecule has 0 radical (unpaired) electrons. The van der Waals surface area contributed by atoms with E-state index in [0.717, 1.165) is 5.56 Å². The SMILES string of the molecule is CCOc1c(Cl)cc(Cl)cc1C1OCCO1. The van der Waals surface area contributed by atoms with E-state index < -0.39 is 6.29 Å². The molecule has 5 heteroatoms.